The summed E-state index contributed by atoms with van der Waals surface area (Å²) in [5.41, 5.74) is -1.58. The lowest BCUT2D eigenvalue weighted by Gasteiger charge is -2.25. The van der Waals surface area contributed by atoms with Crippen molar-refractivity contribution in [3.05, 3.63) is 0 Å². The van der Waals surface area contributed by atoms with Gasteiger partial charge in [-0.05, 0) is 12.8 Å². The molecule has 0 aliphatic carbocycles. The molecule has 0 fully saturated rings. The van der Waals surface area contributed by atoms with Crippen LogP contribution in [0.15, 0.2) is 0 Å². The number of hydrogen-bond acceptors (Lipinski definition) is 2. The molecule has 0 aliphatic rings. The minimum atomic E-state index is -1.58. The topological polar surface area (TPSA) is 74.6 Å². The average molecular weight is 425 g/mol. The van der Waals surface area contributed by atoms with Crippen LogP contribution in [0.3, 0.4) is 0 Å². The Balaban J connectivity index is 0. The summed E-state index contributed by atoms with van der Waals surface area (Å²) in [5.74, 6) is -2.30. The van der Waals surface area contributed by atoms with Gasteiger partial charge in [0.15, 0.2) is 5.41 Å². The number of rotatable bonds is 21. The fourth-order valence-electron chi connectivity index (χ4n) is 3.94. The van der Waals surface area contributed by atoms with Gasteiger partial charge in [-0.15, -0.1) is 0 Å². The van der Waals surface area contributed by atoms with Gasteiger partial charge in [0.05, 0.1) is 0 Å². The lowest BCUT2D eigenvalue weighted by Crippen LogP contribution is -2.39. The third-order valence-corrected chi connectivity index (χ3v) is 5.98. The Labute approximate surface area is 195 Å². The Morgan fingerprint density at radius 3 is 1.00 bits per heavy atom. The van der Waals surface area contributed by atoms with E-state index in [1.54, 1.807) is 0 Å². The summed E-state index contributed by atoms with van der Waals surface area (Å²) >= 11 is 0. The highest BCUT2D eigenvalue weighted by molar-refractivity contribution is 5.98. The highest BCUT2D eigenvalue weighted by atomic mass is 24.3. The standard InChI is InChI=1S/C24H46O4.Mg.2H/c1-3-5-7-9-11-12-13-15-17-19-21-24(22(25)26,23(27)28)20-18-16-14-10-8-6-4-2;;;/h3-21H2,1-2H3,(H,25,26)(H,27,28);;;. The second-order valence-electron chi connectivity index (χ2n) is 8.50. The number of carboxylic acids is 2. The van der Waals surface area contributed by atoms with Crippen LogP contribution in [0.2, 0.25) is 0 Å². The number of unbranched alkanes of at least 4 members (excludes halogenated alkanes) is 15. The Morgan fingerprint density at radius 1 is 0.517 bits per heavy atom. The third-order valence-electron chi connectivity index (χ3n) is 5.98. The Morgan fingerprint density at radius 2 is 0.759 bits per heavy atom. The molecule has 0 saturated carbocycles. The molecule has 0 atom stereocenters. The lowest BCUT2D eigenvalue weighted by atomic mass is 9.78. The summed E-state index contributed by atoms with van der Waals surface area (Å²) in [7, 11) is 0. The van der Waals surface area contributed by atoms with E-state index < -0.39 is 17.4 Å². The molecule has 0 aromatic heterocycles. The van der Waals surface area contributed by atoms with E-state index in [0.29, 0.717) is 12.8 Å². The molecule has 0 aromatic carbocycles. The number of hydrogen-bond donors (Lipinski definition) is 2. The van der Waals surface area contributed by atoms with Gasteiger partial charge in [-0.25, -0.2) is 0 Å². The molecule has 0 rings (SSSR count). The monoisotopic (exact) mass is 424 g/mol. The van der Waals surface area contributed by atoms with Gasteiger partial charge in [-0.1, -0.05) is 123 Å². The van der Waals surface area contributed by atoms with Crippen molar-refractivity contribution in [2.75, 3.05) is 0 Å². The fraction of sp³-hybridized carbons (Fsp3) is 0.917. The van der Waals surface area contributed by atoms with Gasteiger partial charge >= 0.3 is 35.0 Å². The van der Waals surface area contributed by atoms with Crippen molar-refractivity contribution in [1.82, 2.24) is 0 Å². The quantitative estimate of drug-likeness (QED) is 0.122. The van der Waals surface area contributed by atoms with Gasteiger partial charge in [0.2, 0.25) is 0 Å². The van der Waals surface area contributed by atoms with Gasteiger partial charge in [0.25, 0.3) is 0 Å². The zero-order chi connectivity index (χ0) is 21.1. The predicted octanol–water partition coefficient (Wildman–Crippen LogP) is 6.68. The smallest absolute Gasteiger partial charge is 0.321 e. The van der Waals surface area contributed by atoms with E-state index in [1.165, 1.54) is 70.6 Å². The maximum absolute atomic E-state index is 11.8. The molecule has 0 aliphatic heterocycles. The Kier molecular flexibility index (Phi) is 22.3. The van der Waals surface area contributed by atoms with Crippen LogP contribution in [0.4, 0.5) is 0 Å². The average Bonchev–Trinajstić information content (AvgIpc) is 2.66. The van der Waals surface area contributed by atoms with Crippen molar-refractivity contribution in [3.8, 4) is 0 Å². The lowest BCUT2D eigenvalue weighted by molar-refractivity contribution is -0.166. The van der Waals surface area contributed by atoms with Crippen LogP contribution in [-0.4, -0.2) is 45.2 Å². The van der Waals surface area contributed by atoms with Crippen LogP contribution in [0.5, 0.6) is 0 Å². The highest BCUT2D eigenvalue weighted by Gasteiger charge is 2.45. The van der Waals surface area contributed by atoms with Crippen molar-refractivity contribution in [2.45, 2.75) is 136 Å². The first kappa shape index (κ1) is 30.9. The van der Waals surface area contributed by atoms with Gasteiger partial charge in [-0.2, -0.15) is 0 Å². The van der Waals surface area contributed by atoms with Crippen LogP contribution in [0.1, 0.15) is 136 Å². The molecule has 0 heterocycles. The molecular formula is C24H48MgO4. The van der Waals surface area contributed by atoms with E-state index in [9.17, 15) is 19.8 Å². The summed E-state index contributed by atoms with van der Waals surface area (Å²) in [4.78, 5) is 23.6. The summed E-state index contributed by atoms with van der Waals surface area (Å²) < 4.78 is 0. The van der Waals surface area contributed by atoms with Crippen molar-refractivity contribution in [1.29, 1.82) is 0 Å². The molecule has 0 radical (unpaired) electrons. The molecule has 0 bridgehead atoms. The minimum absolute atomic E-state index is 0. The van der Waals surface area contributed by atoms with Crippen molar-refractivity contribution in [3.63, 3.8) is 0 Å². The molecule has 170 valence electrons. The van der Waals surface area contributed by atoms with Crippen LogP contribution >= 0.6 is 0 Å². The Bertz CT molecular complexity index is 384. The molecule has 0 aromatic rings. The van der Waals surface area contributed by atoms with E-state index in [4.69, 9.17) is 0 Å². The second kappa shape index (κ2) is 21.0. The van der Waals surface area contributed by atoms with E-state index in [-0.39, 0.29) is 35.9 Å². The molecule has 29 heavy (non-hydrogen) atoms. The molecular weight excluding hydrogens is 377 g/mol. The summed E-state index contributed by atoms with van der Waals surface area (Å²) in [5, 5.41) is 19.3. The molecule has 5 heteroatoms. The highest BCUT2D eigenvalue weighted by Crippen LogP contribution is 2.33. The third kappa shape index (κ3) is 15.2. The van der Waals surface area contributed by atoms with Gasteiger partial charge in [0, 0.05) is 0 Å². The van der Waals surface area contributed by atoms with Crippen LogP contribution in [0, 0.1) is 5.41 Å². The zero-order valence-corrected chi connectivity index (χ0v) is 18.6. The SMILES string of the molecule is CCCCCCCCCCCCC(CCCCCCCCC)(C(=O)O)C(=O)O.[MgH2]. The van der Waals surface area contributed by atoms with E-state index in [2.05, 4.69) is 13.8 Å². The molecule has 0 saturated heterocycles. The van der Waals surface area contributed by atoms with Gasteiger partial charge in [-0.3, -0.25) is 9.59 Å². The van der Waals surface area contributed by atoms with E-state index in [1.807, 2.05) is 0 Å². The summed E-state index contributed by atoms with van der Waals surface area (Å²) in [6.07, 6.45) is 19.7. The van der Waals surface area contributed by atoms with Crippen molar-refractivity contribution >= 4 is 35.0 Å². The first-order chi connectivity index (χ1) is 13.5. The Hall–Kier alpha value is -0.294. The summed E-state index contributed by atoms with van der Waals surface area (Å²) in [6.45, 7) is 4.41. The number of aliphatic carboxylic acids is 2. The largest absolute Gasteiger partial charge is 0.480 e. The van der Waals surface area contributed by atoms with Crippen LogP contribution in [-0.2, 0) is 9.59 Å². The maximum Gasteiger partial charge on any atom is 0.321 e. The predicted molar refractivity (Wildman–Crippen MR) is 125 cm³/mol. The van der Waals surface area contributed by atoms with Gasteiger partial charge < -0.3 is 10.2 Å². The minimum Gasteiger partial charge on any atom is -0.480 e. The molecule has 0 unspecified atom stereocenters. The molecule has 0 spiro atoms. The first-order valence-corrected chi connectivity index (χ1v) is 12.0. The first-order valence-electron chi connectivity index (χ1n) is 12.0. The van der Waals surface area contributed by atoms with Crippen molar-refractivity contribution < 1.29 is 19.8 Å². The van der Waals surface area contributed by atoms with Gasteiger partial charge in [0.1, 0.15) is 0 Å². The van der Waals surface area contributed by atoms with Crippen LogP contribution < -0.4 is 0 Å². The molecule has 0 amide bonds. The number of carboxylic acid groups (broad SMARTS) is 2. The fourth-order valence-corrected chi connectivity index (χ4v) is 3.94. The maximum atomic E-state index is 11.8. The van der Waals surface area contributed by atoms with E-state index >= 15 is 0 Å². The zero-order valence-electron chi connectivity index (χ0n) is 18.6. The number of carbonyl (C=O) groups is 2. The molecule has 4 nitrogen and oxygen atoms in total. The van der Waals surface area contributed by atoms with Crippen molar-refractivity contribution in [2.24, 2.45) is 5.41 Å². The van der Waals surface area contributed by atoms with E-state index in [0.717, 1.165) is 25.7 Å². The summed E-state index contributed by atoms with van der Waals surface area (Å²) in [6, 6.07) is 0. The normalized spacial score (nSPS) is 11.2. The second-order valence-corrected chi connectivity index (χ2v) is 8.50. The molecule has 2 N–H and O–H groups in total. The van der Waals surface area contributed by atoms with Crippen LogP contribution in [0.25, 0.3) is 0 Å².